The van der Waals surface area contributed by atoms with E-state index in [1.807, 2.05) is 36.0 Å². The van der Waals surface area contributed by atoms with Crippen LogP contribution in [0.5, 0.6) is 0 Å². The standard InChI is InChI=1S/C15H22N2O2/c1-10(17-6-2-3-7-17)15(19)16-14-12-5-4-11(8-12)13(14)9-18/h2-3,6-7,10-14,18H,4-5,8-9H2,1H3,(H,16,19). The second kappa shape index (κ2) is 5.00. The fraction of sp³-hybridized carbons (Fsp3) is 0.667. The Kier molecular flexibility index (Phi) is 3.35. The number of nitrogens with zero attached hydrogens (tertiary/aromatic N) is 1. The first-order valence-corrected chi connectivity index (χ1v) is 7.24. The van der Waals surface area contributed by atoms with Crippen molar-refractivity contribution in [3.8, 4) is 0 Å². The molecule has 104 valence electrons. The molecule has 2 aliphatic rings. The second-order valence-electron chi connectivity index (χ2n) is 6.02. The van der Waals surface area contributed by atoms with E-state index in [1.54, 1.807) is 0 Å². The van der Waals surface area contributed by atoms with Gasteiger partial charge in [0.25, 0.3) is 0 Å². The average molecular weight is 262 g/mol. The van der Waals surface area contributed by atoms with Crippen molar-refractivity contribution >= 4 is 5.91 Å². The molecule has 0 spiro atoms. The molecular formula is C15H22N2O2. The van der Waals surface area contributed by atoms with E-state index in [0.29, 0.717) is 11.8 Å². The zero-order valence-electron chi connectivity index (χ0n) is 11.3. The number of aliphatic hydroxyl groups is 1. The number of rotatable bonds is 4. The second-order valence-corrected chi connectivity index (χ2v) is 6.02. The summed E-state index contributed by atoms with van der Waals surface area (Å²) in [5, 5.41) is 12.7. The van der Waals surface area contributed by atoms with Crippen molar-refractivity contribution in [3.05, 3.63) is 24.5 Å². The molecule has 2 fully saturated rings. The SMILES string of the molecule is CC(C(=O)NC1C2CCC(C2)C1CO)n1cccc1. The summed E-state index contributed by atoms with van der Waals surface area (Å²) in [5.74, 6) is 1.51. The van der Waals surface area contributed by atoms with Gasteiger partial charge in [0, 0.05) is 31.0 Å². The van der Waals surface area contributed by atoms with Gasteiger partial charge in [-0.15, -0.1) is 0 Å². The molecule has 5 unspecified atom stereocenters. The van der Waals surface area contributed by atoms with E-state index in [1.165, 1.54) is 19.3 Å². The summed E-state index contributed by atoms with van der Waals surface area (Å²) in [5.41, 5.74) is 0. The summed E-state index contributed by atoms with van der Waals surface area (Å²) in [6.07, 6.45) is 7.41. The van der Waals surface area contributed by atoms with E-state index in [4.69, 9.17) is 0 Å². The Bertz CT molecular complexity index is 443. The quantitative estimate of drug-likeness (QED) is 0.865. The molecule has 2 saturated carbocycles. The maximum absolute atomic E-state index is 12.3. The summed E-state index contributed by atoms with van der Waals surface area (Å²) in [6.45, 7) is 2.11. The molecule has 5 atom stereocenters. The molecule has 19 heavy (non-hydrogen) atoms. The molecule has 2 N–H and O–H groups in total. The van der Waals surface area contributed by atoms with Crippen LogP contribution in [0, 0.1) is 17.8 Å². The van der Waals surface area contributed by atoms with Crippen LogP contribution in [-0.2, 0) is 4.79 Å². The molecule has 1 heterocycles. The summed E-state index contributed by atoms with van der Waals surface area (Å²) in [6, 6.07) is 3.85. The van der Waals surface area contributed by atoms with Crippen LogP contribution >= 0.6 is 0 Å². The number of fused-ring (bicyclic) bond motifs is 2. The van der Waals surface area contributed by atoms with Crippen LogP contribution in [0.2, 0.25) is 0 Å². The van der Waals surface area contributed by atoms with Crippen LogP contribution in [0.1, 0.15) is 32.2 Å². The number of amides is 1. The minimum absolute atomic E-state index is 0.0622. The number of carbonyl (C=O) groups is 1. The molecule has 0 aromatic carbocycles. The molecule has 0 aliphatic heterocycles. The number of nitrogens with one attached hydrogen (secondary N) is 1. The average Bonchev–Trinajstić information content (AvgIpc) is 3.14. The lowest BCUT2D eigenvalue weighted by atomic mass is 9.85. The zero-order valence-corrected chi connectivity index (χ0v) is 11.3. The molecule has 0 radical (unpaired) electrons. The van der Waals surface area contributed by atoms with Crippen LogP contribution in [0.15, 0.2) is 24.5 Å². The third-order valence-corrected chi connectivity index (χ3v) is 5.06. The van der Waals surface area contributed by atoms with Gasteiger partial charge in [-0.3, -0.25) is 4.79 Å². The first-order chi connectivity index (χ1) is 9.20. The number of aliphatic hydroxyl groups excluding tert-OH is 1. The van der Waals surface area contributed by atoms with Gasteiger partial charge in [0.1, 0.15) is 6.04 Å². The Balaban J connectivity index is 1.66. The molecule has 1 aromatic rings. The van der Waals surface area contributed by atoms with E-state index in [9.17, 15) is 9.90 Å². The largest absolute Gasteiger partial charge is 0.396 e. The van der Waals surface area contributed by atoms with Crippen LogP contribution in [0.4, 0.5) is 0 Å². The van der Waals surface area contributed by atoms with E-state index in [-0.39, 0.29) is 30.5 Å². The highest BCUT2D eigenvalue weighted by Crippen LogP contribution is 2.48. The predicted octanol–water partition coefficient (Wildman–Crippen LogP) is 1.57. The molecule has 2 aliphatic carbocycles. The van der Waals surface area contributed by atoms with Gasteiger partial charge in [-0.2, -0.15) is 0 Å². The Hall–Kier alpha value is -1.29. The minimum Gasteiger partial charge on any atom is -0.396 e. The maximum Gasteiger partial charge on any atom is 0.242 e. The molecule has 4 nitrogen and oxygen atoms in total. The molecule has 2 bridgehead atoms. The van der Waals surface area contributed by atoms with Crippen molar-refractivity contribution in [2.75, 3.05) is 6.61 Å². The molecule has 1 aromatic heterocycles. The lowest BCUT2D eigenvalue weighted by Gasteiger charge is -2.31. The predicted molar refractivity (Wildman–Crippen MR) is 72.5 cm³/mol. The third-order valence-electron chi connectivity index (χ3n) is 5.06. The van der Waals surface area contributed by atoms with Gasteiger partial charge >= 0.3 is 0 Å². The van der Waals surface area contributed by atoms with E-state index in [0.717, 1.165) is 0 Å². The summed E-state index contributed by atoms with van der Waals surface area (Å²) < 4.78 is 1.91. The zero-order chi connectivity index (χ0) is 13.4. The molecular weight excluding hydrogens is 240 g/mol. The Labute approximate surface area is 113 Å². The smallest absolute Gasteiger partial charge is 0.242 e. The monoisotopic (exact) mass is 262 g/mol. The van der Waals surface area contributed by atoms with Gasteiger partial charge < -0.3 is 15.0 Å². The highest BCUT2D eigenvalue weighted by molar-refractivity contribution is 5.80. The van der Waals surface area contributed by atoms with E-state index in [2.05, 4.69) is 5.32 Å². The number of hydrogen-bond acceptors (Lipinski definition) is 2. The normalized spacial score (nSPS) is 34.4. The topological polar surface area (TPSA) is 54.3 Å². The van der Waals surface area contributed by atoms with Crippen LogP contribution in [0.25, 0.3) is 0 Å². The summed E-state index contributed by atoms with van der Waals surface area (Å²) in [7, 11) is 0. The van der Waals surface area contributed by atoms with Gasteiger partial charge in [0.15, 0.2) is 0 Å². The molecule has 3 rings (SSSR count). The Morgan fingerprint density at radius 1 is 1.37 bits per heavy atom. The first kappa shape index (κ1) is 12.7. The van der Waals surface area contributed by atoms with Crippen LogP contribution < -0.4 is 5.32 Å². The third kappa shape index (κ3) is 2.18. The maximum atomic E-state index is 12.3. The van der Waals surface area contributed by atoms with Gasteiger partial charge in [-0.1, -0.05) is 0 Å². The van der Waals surface area contributed by atoms with Crippen molar-refractivity contribution in [2.45, 2.75) is 38.3 Å². The van der Waals surface area contributed by atoms with Crippen molar-refractivity contribution < 1.29 is 9.90 Å². The summed E-state index contributed by atoms with van der Waals surface area (Å²) in [4.78, 5) is 12.3. The number of carbonyl (C=O) groups excluding carboxylic acids is 1. The van der Waals surface area contributed by atoms with Crippen LogP contribution in [-0.4, -0.2) is 28.2 Å². The van der Waals surface area contributed by atoms with E-state index < -0.39 is 0 Å². The fourth-order valence-electron chi connectivity index (χ4n) is 3.92. The Morgan fingerprint density at radius 3 is 2.74 bits per heavy atom. The minimum atomic E-state index is -0.187. The van der Waals surface area contributed by atoms with Crippen molar-refractivity contribution in [2.24, 2.45) is 17.8 Å². The highest BCUT2D eigenvalue weighted by atomic mass is 16.3. The van der Waals surface area contributed by atoms with Gasteiger partial charge in [0.05, 0.1) is 0 Å². The van der Waals surface area contributed by atoms with Gasteiger partial charge in [-0.25, -0.2) is 0 Å². The number of aromatic nitrogens is 1. The van der Waals surface area contributed by atoms with Crippen LogP contribution in [0.3, 0.4) is 0 Å². The number of hydrogen-bond donors (Lipinski definition) is 2. The van der Waals surface area contributed by atoms with Crippen molar-refractivity contribution in [3.63, 3.8) is 0 Å². The van der Waals surface area contributed by atoms with Gasteiger partial charge in [0.2, 0.25) is 5.91 Å². The molecule has 0 saturated heterocycles. The first-order valence-electron chi connectivity index (χ1n) is 7.24. The fourth-order valence-corrected chi connectivity index (χ4v) is 3.92. The van der Waals surface area contributed by atoms with Crippen molar-refractivity contribution in [1.29, 1.82) is 0 Å². The lowest BCUT2D eigenvalue weighted by molar-refractivity contribution is -0.125. The van der Waals surface area contributed by atoms with Crippen molar-refractivity contribution in [1.82, 2.24) is 9.88 Å². The molecule has 1 amide bonds. The highest BCUT2D eigenvalue weighted by Gasteiger charge is 2.47. The van der Waals surface area contributed by atoms with E-state index >= 15 is 0 Å². The van der Waals surface area contributed by atoms with Gasteiger partial charge in [-0.05, 0) is 50.2 Å². The lowest BCUT2D eigenvalue weighted by Crippen LogP contribution is -2.47. The summed E-state index contributed by atoms with van der Waals surface area (Å²) >= 11 is 0. The molecule has 4 heteroatoms. The Morgan fingerprint density at radius 2 is 2.05 bits per heavy atom.